The largest absolute Gasteiger partial charge is 0.321 e. The minimum absolute atomic E-state index is 0.204. The lowest BCUT2D eigenvalue weighted by Crippen LogP contribution is -2.36. The van der Waals surface area contributed by atoms with Crippen molar-refractivity contribution in [3.8, 4) is 0 Å². The summed E-state index contributed by atoms with van der Waals surface area (Å²) in [6, 6.07) is 6.74. The zero-order valence-electron chi connectivity index (χ0n) is 10.4. The number of hydrogen-bond donors (Lipinski definition) is 1. The zero-order chi connectivity index (χ0) is 13.5. The van der Waals surface area contributed by atoms with Gasteiger partial charge in [0.15, 0.2) is 0 Å². The molecule has 0 aliphatic heterocycles. The van der Waals surface area contributed by atoms with Crippen molar-refractivity contribution in [2.24, 2.45) is 5.73 Å². The first-order valence-corrected chi connectivity index (χ1v) is 6.62. The van der Waals surface area contributed by atoms with Crippen LogP contribution in [0.4, 0.5) is 4.39 Å². The second kappa shape index (κ2) is 4.58. The fraction of sp³-hybridized carbons (Fsp3) is 0.267. The number of benzene rings is 1. The smallest absolute Gasteiger partial charge is 0.123 e. The predicted octanol–water partition coefficient (Wildman–Crippen LogP) is 3.22. The van der Waals surface area contributed by atoms with Crippen LogP contribution in [0.2, 0.25) is 5.02 Å². The third-order valence-corrected chi connectivity index (χ3v) is 4.15. The molecule has 0 saturated carbocycles. The molecule has 2 aromatic rings. The summed E-state index contributed by atoms with van der Waals surface area (Å²) in [5, 5.41) is 0.628. The van der Waals surface area contributed by atoms with Gasteiger partial charge in [0.05, 0.1) is 5.02 Å². The molecular weight excluding hydrogens is 263 g/mol. The monoisotopic (exact) mass is 276 g/mol. The second-order valence-electron chi connectivity index (χ2n) is 5.10. The van der Waals surface area contributed by atoms with Crippen molar-refractivity contribution in [2.45, 2.75) is 24.8 Å². The molecule has 1 aliphatic rings. The van der Waals surface area contributed by atoms with E-state index in [0.29, 0.717) is 11.4 Å². The van der Waals surface area contributed by atoms with E-state index in [1.165, 1.54) is 6.07 Å². The van der Waals surface area contributed by atoms with Crippen LogP contribution in [0.5, 0.6) is 0 Å². The average molecular weight is 277 g/mol. The van der Waals surface area contributed by atoms with Crippen LogP contribution in [0.3, 0.4) is 0 Å². The Labute approximate surface area is 116 Å². The molecule has 0 spiro atoms. The van der Waals surface area contributed by atoms with Gasteiger partial charge in [0.25, 0.3) is 0 Å². The topological polar surface area (TPSA) is 38.9 Å². The van der Waals surface area contributed by atoms with Crippen LogP contribution in [0, 0.1) is 5.82 Å². The number of nitrogens with two attached hydrogens (primary N) is 1. The van der Waals surface area contributed by atoms with Gasteiger partial charge in [0, 0.05) is 17.9 Å². The van der Waals surface area contributed by atoms with Gasteiger partial charge in [0.1, 0.15) is 5.82 Å². The summed E-state index contributed by atoms with van der Waals surface area (Å²) < 4.78 is 13.2. The van der Waals surface area contributed by atoms with Crippen molar-refractivity contribution < 1.29 is 4.39 Å². The molecule has 1 aromatic heterocycles. The van der Waals surface area contributed by atoms with Crippen LogP contribution in [0.1, 0.15) is 23.1 Å². The average Bonchev–Trinajstić information content (AvgIpc) is 2.70. The first kappa shape index (κ1) is 12.6. The van der Waals surface area contributed by atoms with Gasteiger partial charge in [-0.05, 0) is 54.2 Å². The van der Waals surface area contributed by atoms with Crippen LogP contribution in [0.25, 0.3) is 0 Å². The Morgan fingerprint density at radius 1 is 1.37 bits per heavy atom. The number of halogens is 2. The Morgan fingerprint density at radius 3 is 3.00 bits per heavy atom. The van der Waals surface area contributed by atoms with Gasteiger partial charge in [-0.25, -0.2) is 4.39 Å². The number of hydrogen-bond acceptors (Lipinski definition) is 2. The lowest BCUT2D eigenvalue weighted by atomic mass is 9.86. The van der Waals surface area contributed by atoms with E-state index in [9.17, 15) is 4.39 Å². The molecule has 1 atom stereocenters. The number of rotatable bonds is 2. The molecule has 1 unspecified atom stereocenters. The molecule has 3 rings (SSSR count). The van der Waals surface area contributed by atoms with Gasteiger partial charge in [-0.2, -0.15) is 0 Å². The molecule has 2 N–H and O–H groups in total. The normalized spacial score (nSPS) is 21.4. The molecule has 19 heavy (non-hydrogen) atoms. The number of aryl methyl sites for hydroxylation is 1. The maximum atomic E-state index is 13.2. The lowest BCUT2D eigenvalue weighted by Gasteiger charge is -2.26. The summed E-state index contributed by atoms with van der Waals surface area (Å²) in [5.41, 5.74) is 9.08. The number of aromatic nitrogens is 1. The first-order valence-electron chi connectivity index (χ1n) is 6.25. The van der Waals surface area contributed by atoms with Crippen LogP contribution in [0.15, 0.2) is 36.7 Å². The minimum atomic E-state index is -0.464. The van der Waals surface area contributed by atoms with E-state index in [-0.39, 0.29) is 5.82 Å². The first-order chi connectivity index (χ1) is 9.08. The van der Waals surface area contributed by atoms with Gasteiger partial charge < -0.3 is 5.73 Å². The summed E-state index contributed by atoms with van der Waals surface area (Å²) in [4.78, 5) is 3.98. The van der Waals surface area contributed by atoms with Gasteiger partial charge >= 0.3 is 0 Å². The molecular formula is C15H14ClFN2. The van der Waals surface area contributed by atoms with E-state index in [4.69, 9.17) is 17.3 Å². The number of nitrogens with zero attached hydrogens (tertiary/aromatic N) is 1. The number of fused-ring (bicyclic) bond motifs is 1. The van der Waals surface area contributed by atoms with E-state index in [1.54, 1.807) is 24.5 Å². The van der Waals surface area contributed by atoms with Crippen molar-refractivity contribution in [3.05, 3.63) is 64.2 Å². The Hall–Kier alpha value is -1.45. The molecule has 0 saturated heterocycles. The fourth-order valence-corrected chi connectivity index (χ4v) is 3.00. The quantitative estimate of drug-likeness (QED) is 0.915. The molecule has 1 aromatic carbocycles. The molecule has 1 aliphatic carbocycles. The molecule has 4 heteroatoms. The van der Waals surface area contributed by atoms with Gasteiger partial charge in [-0.15, -0.1) is 0 Å². The highest BCUT2D eigenvalue weighted by atomic mass is 35.5. The standard InChI is InChI=1S/C15H14ClFN2/c16-14-9-19-6-4-11(14)8-15(18)5-3-10-7-12(17)1-2-13(10)15/h1-2,4,6-7,9H,3,5,8,18H2. The van der Waals surface area contributed by atoms with Crippen LogP contribution in [-0.2, 0) is 18.4 Å². The van der Waals surface area contributed by atoms with Crippen LogP contribution in [-0.4, -0.2) is 4.98 Å². The molecule has 98 valence electrons. The number of pyridine rings is 1. The van der Waals surface area contributed by atoms with Crippen molar-refractivity contribution >= 4 is 11.6 Å². The van der Waals surface area contributed by atoms with Crippen molar-refractivity contribution in [1.29, 1.82) is 0 Å². The zero-order valence-corrected chi connectivity index (χ0v) is 11.1. The molecule has 0 amide bonds. The summed E-state index contributed by atoms with van der Waals surface area (Å²) in [7, 11) is 0. The van der Waals surface area contributed by atoms with E-state index in [2.05, 4.69) is 4.98 Å². The highest BCUT2D eigenvalue weighted by molar-refractivity contribution is 6.31. The van der Waals surface area contributed by atoms with Gasteiger partial charge in [-0.1, -0.05) is 17.7 Å². The van der Waals surface area contributed by atoms with E-state index >= 15 is 0 Å². The van der Waals surface area contributed by atoms with E-state index in [1.807, 2.05) is 6.07 Å². The fourth-order valence-electron chi connectivity index (χ4n) is 2.82. The molecule has 2 nitrogen and oxygen atoms in total. The molecule has 1 heterocycles. The lowest BCUT2D eigenvalue weighted by molar-refractivity contribution is 0.439. The second-order valence-corrected chi connectivity index (χ2v) is 5.51. The third kappa shape index (κ3) is 2.24. The molecule has 0 bridgehead atoms. The Bertz CT molecular complexity index is 629. The van der Waals surface area contributed by atoms with E-state index in [0.717, 1.165) is 29.5 Å². The van der Waals surface area contributed by atoms with Crippen molar-refractivity contribution in [1.82, 2.24) is 4.98 Å². The minimum Gasteiger partial charge on any atom is -0.321 e. The van der Waals surface area contributed by atoms with Crippen LogP contribution < -0.4 is 5.73 Å². The van der Waals surface area contributed by atoms with E-state index < -0.39 is 5.54 Å². The molecule has 0 fully saturated rings. The third-order valence-electron chi connectivity index (χ3n) is 3.81. The maximum absolute atomic E-state index is 13.2. The summed E-state index contributed by atoms with van der Waals surface area (Å²) in [6.07, 6.45) is 5.61. The highest BCUT2D eigenvalue weighted by Gasteiger charge is 2.35. The summed E-state index contributed by atoms with van der Waals surface area (Å²) in [6.45, 7) is 0. The van der Waals surface area contributed by atoms with Crippen molar-refractivity contribution in [2.75, 3.05) is 0 Å². The van der Waals surface area contributed by atoms with Gasteiger partial charge in [-0.3, -0.25) is 4.98 Å². The SMILES string of the molecule is NC1(Cc2ccncc2Cl)CCc2cc(F)ccc21. The maximum Gasteiger partial charge on any atom is 0.123 e. The summed E-state index contributed by atoms with van der Waals surface area (Å²) in [5.74, 6) is -0.204. The Kier molecular flexibility index (Phi) is 3.03. The van der Waals surface area contributed by atoms with Gasteiger partial charge in [0.2, 0.25) is 0 Å². The predicted molar refractivity (Wildman–Crippen MR) is 73.5 cm³/mol. The Balaban J connectivity index is 1.97. The van der Waals surface area contributed by atoms with Crippen LogP contribution >= 0.6 is 11.6 Å². The highest BCUT2D eigenvalue weighted by Crippen LogP contribution is 2.38. The summed E-state index contributed by atoms with van der Waals surface area (Å²) >= 11 is 6.14. The Morgan fingerprint density at radius 2 is 2.21 bits per heavy atom. The van der Waals surface area contributed by atoms with Crippen molar-refractivity contribution in [3.63, 3.8) is 0 Å². The molecule has 0 radical (unpaired) electrons.